The second-order valence-electron chi connectivity index (χ2n) is 2.95. The monoisotopic (exact) mass is 236 g/mol. The Hall–Kier alpha value is -0.880. The first kappa shape index (κ1) is 14.1. The van der Waals surface area contributed by atoms with Gasteiger partial charge < -0.3 is 4.74 Å². The van der Waals surface area contributed by atoms with Crippen LogP contribution in [0.4, 0.5) is 0 Å². The van der Waals surface area contributed by atoms with E-state index in [2.05, 4.69) is 8.92 Å². The Morgan fingerprint density at radius 3 is 2.53 bits per heavy atom. The van der Waals surface area contributed by atoms with Gasteiger partial charge in [0.25, 0.3) is 10.1 Å². The highest BCUT2D eigenvalue weighted by Gasteiger charge is 1.99. The summed E-state index contributed by atoms with van der Waals surface area (Å²) in [5, 5.41) is 0. The molecule has 0 rings (SSSR count). The molecule has 0 bridgehead atoms. The third-order valence-corrected chi connectivity index (χ3v) is 2.11. The third-order valence-electron chi connectivity index (χ3n) is 1.52. The summed E-state index contributed by atoms with van der Waals surface area (Å²) in [7, 11) is -2.01. The molecule has 0 aliphatic heterocycles. The van der Waals surface area contributed by atoms with Crippen molar-refractivity contribution in [2.24, 2.45) is 0 Å². The highest BCUT2D eigenvalue weighted by molar-refractivity contribution is 7.85. The van der Waals surface area contributed by atoms with Crippen molar-refractivity contribution in [3.05, 3.63) is 12.2 Å². The minimum atomic E-state index is -3.33. The van der Waals surface area contributed by atoms with Crippen molar-refractivity contribution in [2.45, 2.75) is 19.3 Å². The zero-order valence-corrected chi connectivity index (χ0v) is 9.75. The van der Waals surface area contributed by atoms with Crippen LogP contribution in [0.25, 0.3) is 0 Å². The molecule has 6 heteroatoms. The molecule has 0 radical (unpaired) electrons. The van der Waals surface area contributed by atoms with Crippen LogP contribution in [-0.4, -0.2) is 34.4 Å². The van der Waals surface area contributed by atoms with Gasteiger partial charge in [-0.1, -0.05) is 6.08 Å². The van der Waals surface area contributed by atoms with Crippen molar-refractivity contribution in [3.63, 3.8) is 0 Å². The molecule has 0 atom stereocenters. The van der Waals surface area contributed by atoms with Crippen molar-refractivity contribution in [1.29, 1.82) is 0 Å². The van der Waals surface area contributed by atoms with E-state index in [1.807, 2.05) is 0 Å². The predicted octanol–water partition coefficient (Wildman–Crippen LogP) is 0.862. The van der Waals surface area contributed by atoms with Crippen molar-refractivity contribution in [1.82, 2.24) is 0 Å². The summed E-state index contributed by atoms with van der Waals surface area (Å²) in [6.07, 6.45) is 6.15. The summed E-state index contributed by atoms with van der Waals surface area (Å²) in [6.45, 7) is 0.185. The maximum Gasteiger partial charge on any atom is 0.330 e. The van der Waals surface area contributed by atoms with E-state index in [9.17, 15) is 13.2 Å². The van der Waals surface area contributed by atoms with Gasteiger partial charge in [-0.25, -0.2) is 4.79 Å². The molecule has 15 heavy (non-hydrogen) atoms. The Balaban J connectivity index is 3.41. The minimum Gasteiger partial charge on any atom is -0.466 e. The van der Waals surface area contributed by atoms with Crippen LogP contribution in [0, 0.1) is 0 Å². The van der Waals surface area contributed by atoms with E-state index in [0.29, 0.717) is 12.8 Å². The first-order valence-electron chi connectivity index (χ1n) is 4.54. The number of unbranched alkanes of at least 4 members (excludes halogenated alkanes) is 2. The second kappa shape index (κ2) is 7.42. The lowest BCUT2D eigenvalue weighted by atomic mass is 10.2. The van der Waals surface area contributed by atoms with Gasteiger partial charge in [0, 0.05) is 6.08 Å². The molecule has 0 N–H and O–H groups in total. The van der Waals surface area contributed by atoms with Gasteiger partial charge in [-0.3, -0.25) is 4.18 Å². The number of rotatable bonds is 7. The fraction of sp³-hybridized carbons (Fsp3) is 0.667. The Kier molecular flexibility index (Phi) is 6.98. The summed E-state index contributed by atoms with van der Waals surface area (Å²) >= 11 is 0. The van der Waals surface area contributed by atoms with Crippen LogP contribution in [0.3, 0.4) is 0 Å². The van der Waals surface area contributed by atoms with Gasteiger partial charge in [0.15, 0.2) is 0 Å². The largest absolute Gasteiger partial charge is 0.466 e. The number of esters is 1. The second-order valence-corrected chi connectivity index (χ2v) is 4.59. The number of carbonyl (C=O) groups excluding carboxylic acids is 1. The molecule has 0 aromatic rings. The average Bonchev–Trinajstić information content (AvgIpc) is 2.14. The molecule has 0 fully saturated rings. The minimum absolute atomic E-state index is 0.185. The van der Waals surface area contributed by atoms with E-state index in [1.165, 1.54) is 13.2 Å². The highest BCUT2D eigenvalue weighted by atomic mass is 32.2. The van der Waals surface area contributed by atoms with Crippen molar-refractivity contribution < 1.29 is 22.1 Å². The van der Waals surface area contributed by atoms with Gasteiger partial charge in [0.1, 0.15) is 0 Å². The number of allylic oxidation sites excluding steroid dienone is 1. The Morgan fingerprint density at radius 2 is 2.00 bits per heavy atom. The number of methoxy groups -OCH3 is 1. The third kappa shape index (κ3) is 11.0. The van der Waals surface area contributed by atoms with Gasteiger partial charge in [0.2, 0.25) is 0 Å². The SMILES string of the molecule is COC(=O)/C=C/CCCCOS(C)(=O)=O. The van der Waals surface area contributed by atoms with Gasteiger partial charge in [-0.05, 0) is 19.3 Å². The lowest BCUT2D eigenvalue weighted by Gasteiger charge is -1.99. The Morgan fingerprint density at radius 1 is 1.33 bits per heavy atom. The van der Waals surface area contributed by atoms with Crippen LogP contribution in [0.2, 0.25) is 0 Å². The molecule has 88 valence electrons. The number of hydrogen-bond acceptors (Lipinski definition) is 5. The smallest absolute Gasteiger partial charge is 0.330 e. The van der Waals surface area contributed by atoms with E-state index in [4.69, 9.17) is 0 Å². The molecule has 0 aliphatic carbocycles. The number of carbonyl (C=O) groups is 1. The number of hydrogen-bond donors (Lipinski definition) is 0. The van der Waals surface area contributed by atoms with Crippen LogP contribution in [0.1, 0.15) is 19.3 Å². The van der Waals surface area contributed by atoms with Crippen LogP contribution >= 0.6 is 0 Å². The average molecular weight is 236 g/mol. The van der Waals surface area contributed by atoms with Gasteiger partial charge in [-0.2, -0.15) is 8.42 Å². The van der Waals surface area contributed by atoms with Crippen molar-refractivity contribution >= 4 is 16.1 Å². The van der Waals surface area contributed by atoms with E-state index in [-0.39, 0.29) is 12.6 Å². The van der Waals surface area contributed by atoms with Crippen molar-refractivity contribution in [2.75, 3.05) is 20.0 Å². The first-order chi connectivity index (χ1) is 6.95. The maximum atomic E-state index is 10.6. The molecule has 0 saturated carbocycles. The molecule has 0 aromatic carbocycles. The molecule has 0 aromatic heterocycles. The molecule has 0 heterocycles. The Bertz CT molecular complexity index is 304. The Labute approximate surface area is 90.2 Å². The molecule has 5 nitrogen and oxygen atoms in total. The van der Waals surface area contributed by atoms with Crippen LogP contribution in [0.5, 0.6) is 0 Å². The normalized spacial score (nSPS) is 11.9. The van der Waals surface area contributed by atoms with Crippen LogP contribution < -0.4 is 0 Å². The quantitative estimate of drug-likeness (QED) is 0.284. The molecule has 0 spiro atoms. The summed E-state index contributed by atoms with van der Waals surface area (Å²) < 4.78 is 30.0. The van der Waals surface area contributed by atoms with E-state index >= 15 is 0 Å². The van der Waals surface area contributed by atoms with Gasteiger partial charge in [-0.15, -0.1) is 0 Å². The molecular weight excluding hydrogens is 220 g/mol. The molecule has 0 saturated heterocycles. The van der Waals surface area contributed by atoms with Gasteiger partial charge in [0.05, 0.1) is 20.0 Å². The molecule has 0 unspecified atom stereocenters. The van der Waals surface area contributed by atoms with E-state index in [0.717, 1.165) is 12.7 Å². The fourth-order valence-corrected chi connectivity index (χ4v) is 1.24. The summed E-state index contributed by atoms with van der Waals surface area (Å²) in [6, 6.07) is 0. The zero-order chi connectivity index (χ0) is 11.7. The number of ether oxygens (including phenoxy) is 1. The standard InChI is InChI=1S/C9H16O5S/c1-13-9(10)7-5-3-4-6-8-14-15(2,11)12/h5,7H,3-4,6,8H2,1-2H3/b7-5+. The fourth-order valence-electron chi connectivity index (χ4n) is 0.822. The summed E-state index contributed by atoms with van der Waals surface area (Å²) in [5.41, 5.74) is 0. The predicted molar refractivity (Wildman–Crippen MR) is 55.8 cm³/mol. The molecule has 0 aliphatic rings. The molecular formula is C9H16O5S. The van der Waals surface area contributed by atoms with Gasteiger partial charge >= 0.3 is 5.97 Å². The van der Waals surface area contributed by atoms with E-state index < -0.39 is 10.1 Å². The summed E-state index contributed by atoms with van der Waals surface area (Å²) in [4.78, 5) is 10.6. The lowest BCUT2D eigenvalue weighted by Crippen LogP contribution is -2.03. The maximum absolute atomic E-state index is 10.6. The molecule has 0 amide bonds. The van der Waals surface area contributed by atoms with Crippen LogP contribution in [-0.2, 0) is 23.8 Å². The van der Waals surface area contributed by atoms with Crippen molar-refractivity contribution in [3.8, 4) is 0 Å². The first-order valence-corrected chi connectivity index (χ1v) is 6.36. The topological polar surface area (TPSA) is 69.7 Å². The highest BCUT2D eigenvalue weighted by Crippen LogP contribution is 1.99. The summed E-state index contributed by atoms with van der Waals surface area (Å²) in [5.74, 6) is -0.387. The zero-order valence-electron chi connectivity index (χ0n) is 8.93. The van der Waals surface area contributed by atoms with Crippen LogP contribution in [0.15, 0.2) is 12.2 Å². The lowest BCUT2D eigenvalue weighted by molar-refractivity contribution is -0.134. The van der Waals surface area contributed by atoms with E-state index in [1.54, 1.807) is 6.08 Å².